The topological polar surface area (TPSA) is 63.1 Å². The van der Waals surface area contributed by atoms with Crippen LogP contribution in [0.3, 0.4) is 0 Å². The SMILES string of the molecule is CC1(C)c2[c-]c(-c3ccccn3)cc3c2P(=S)(c2ccccc21)c1ccccc1C3(C)C.O=C(O)c1ccccn1.[Ir]. The van der Waals surface area contributed by atoms with Crippen molar-refractivity contribution in [3.8, 4) is 11.3 Å². The predicted molar refractivity (Wildman–Crippen MR) is 170 cm³/mol. The molecule has 0 bridgehead atoms. The van der Waals surface area contributed by atoms with E-state index in [9.17, 15) is 4.79 Å². The van der Waals surface area contributed by atoms with E-state index in [2.05, 4.69) is 104 Å². The number of carboxylic acid groups (broad SMARTS) is 1. The van der Waals surface area contributed by atoms with Gasteiger partial charge >= 0.3 is 5.97 Å². The Labute approximate surface area is 265 Å². The first-order valence-electron chi connectivity index (χ1n) is 13.6. The summed E-state index contributed by atoms with van der Waals surface area (Å²) in [7, 11) is 0. The second kappa shape index (κ2) is 11.1. The maximum Gasteiger partial charge on any atom is 0.354 e. The van der Waals surface area contributed by atoms with Gasteiger partial charge in [0.15, 0.2) is 0 Å². The summed E-state index contributed by atoms with van der Waals surface area (Å²) in [6, 6.07) is 32.5. The van der Waals surface area contributed by atoms with Gasteiger partial charge in [-0.2, -0.15) is 0 Å². The summed E-state index contributed by atoms with van der Waals surface area (Å²) in [5.41, 5.74) is 7.06. The number of aromatic nitrogens is 2. The number of benzene rings is 3. The summed E-state index contributed by atoms with van der Waals surface area (Å²) in [6.07, 6.45) is 3.31. The van der Waals surface area contributed by atoms with Crippen LogP contribution in [0.2, 0.25) is 0 Å². The molecule has 213 valence electrons. The van der Waals surface area contributed by atoms with E-state index in [1.54, 1.807) is 12.1 Å². The Hall–Kier alpha value is -3.27. The summed E-state index contributed by atoms with van der Waals surface area (Å²) < 4.78 is 0. The van der Waals surface area contributed by atoms with Crippen molar-refractivity contribution < 1.29 is 30.0 Å². The van der Waals surface area contributed by atoms with Gasteiger partial charge in [-0.25, -0.2) is 9.78 Å². The molecule has 0 saturated carbocycles. The molecule has 2 aliphatic heterocycles. The zero-order chi connectivity index (χ0) is 29.0. The van der Waals surface area contributed by atoms with Crippen molar-refractivity contribution in [3.63, 3.8) is 0 Å². The van der Waals surface area contributed by atoms with Gasteiger partial charge in [0, 0.05) is 38.5 Å². The number of nitrogens with zero attached hydrogens (tertiary/aromatic N) is 2. The largest absolute Gasteiger partial charge is 0.477 e. The Bertz CT molecular complexity index is 1770. The van der Waals surface area contributed by atoms with Crippen molar-refractivity contribution in [2.75, 3.05) is 0 Å². The molecule has 1 unspecified atom stereocenters. The van der Waals surface area contributed by atoms with E-state index in [4.69, 9.17) is 16.9 Å². The molecule has 4 heterocycles. The second-order valence-electron chi connectivity index (χ2n) is 11.4. The summed E-state index contributed by atoms with van der Waals surface area (Å²) in [6.45, 7) is 9.34. The van der Waals surface area contributed by atoms with Crippen LogP contribution < -0.4 is 15.9 Å². The number of carboxylic acids is 1. The quantitative estimate of drug-likeness (QED) is 0.168. The Morgan fingerprint density at radius 1 is 0.762 bits per heavy atom. The van der Waals surface area contributed by atoms with Crippen molar-refractivity contribution in [2.24, 2.45) is 0 Å². The number of rotatable bonds is 2. The number of hydrogen-bond acceptors (Lipinski definition) is 4. The van der Waals surface area contributed by atoms with E-state index in [0.29, 0.717) is 0 Å². The Morgan fingerprint density at radius 3 is 1.83 bits per heavy atom. The monoisotopic (exact) mass is 766 g/mol. The van der Waals surface area contributed by atoms with Crippen LogP contribution in [0.1, 0.15) is 60.4 Å². The molecule has 0 spiro atoms. The molecule has 2 aromatic heterocycles. The number of hydrogen-bond donors (Lipinski definition) is 1. The molecule has 42 heavy (non-hydrogen) atoms. The summed E-state index contributed by atoms with van der Waals surface area (Å²) in [5, 5.41) is 12.4. The molecule has 0 aliphatic carbocycles. The molecule has 1 N–H and O–H groups in total. The molecular weight excluding hydrogens is 736 g/mol. The third kappa shape index (κ3) is 4.62. The van der Waals surface area contributed by atoms with Crippen molar-refractivity contribution >= 4 is 39.7 Å². The van der Waals surface area contributed by atoms with Crippen molar-refractivity contribution in [1.29, 1.82) is 0 Å². The van der Waals surface area contributed by atoms with Crippen LogP contribution in [-0.2, 0) is 42.7 Å². The average Bonchev–Trinajstić information content (AvgIpc) is 3.00. The van der Waals surface area contributed by atoms with Gasteiger partial charge in [-0.05, 0) is 56.5 Å². The molecule has 1 atom stereocenters. The van der Waals surface area contributed by atoms with Crippen molar-refractivity contribution in [2.45, 2.75) is 38.5 Å². The van der Waals surface area contributed by atoms with Gasteiger partial charge in [-0.3, -0.25) is 0 Å². The van der Waals surface area contributed by atoms with Gasteiger partial charge in [-0.15, -0.1) is 28.8 Å². The van der Waals surface area contributed by atoms with Gasteiger partial charge in [0.1, 0.15) is 5.69 Å². The van der Waals surface area contributed by atoms with Crippen molar-refractivity contribution in [3.05, 3.63) is 137 Å². The normalized spacial score (nSPS) is 18.1. The van der Waals surface area contributed by atoms with Crippen LogP contribution in [0.25, 0.3) is 11.3 Å². The first-order valence-corrected chi connectivity index (χ1v) is 16.4. The molecule has 0 amide bonds. The van der Waals surface area contributed by atoms with Crippen molar-refractivity contribution in [1.82, 2.24) is 9.97 Å². The van der Waals surface area contributed by atoms with E-state index in [-0.39, 0.29) is 36.6 Å². The first kappa shape index (κ1) is 30.2. The number of fused-ring (bicyclic) bond motifs is 4. The molecule has 7 rings (SSSR count). The Balaban J connectivity index is 0.000000305. The van der Waals surface area contributed by atoms with Gasteiger partial charge in [0.2, 0.25) is 0 Å². The number of carbonyl (C=O) groups is 1. The summed E-state index contributed by atoms with van der Waals surface area (Å²) in [4.78, 5) is 18.4. The molecule has 0 fully saturated rings. The molecule has 5 aromatic rings. The fraction of sp³-hybridized carbons (Fsp3) is 0.171. The van der Waals surface area contributed by atoms with Gasteiger partial charge in [-0.1, -0.05) is 112 Å². The Morgan fingerprint density at radius 2 is 1.31 bits per heavy atom. The smallest absolute Gasteiger partial charge is 0.354 e. The second-order valence-corrected chi connectivity index (χ2v) is 15.7. The van der Waals surface area contributed by atoms with E-state index in [1.165, 1.54) is 50.4 Å². The van der Waals surface area contributed by atoms with Gasteiger partial charge in [0.25, 0.3) is 0 Å². The standard InChI is InChI=1S/C29H25NPS.C6H5NO2.Ir/c1-28(2)20-11-5-7-14-25(20)31(32)26-15-8-6-12-21(26)29(3,4)23-18-19(17-22(28)27(23)31)24-13-9-10-16-30-24;8-6(9)5-3-1-2-4-7-5;/h5-17H,1-4H3;1-4H,(H,8,9);/q-1;;. The molecule has 1 radical (unpaired) electrons. The van der Waals surface area contributed by atoms with Crippen LogP contribution in [-0.4, -0.2) is 21.0 Å². The van der Waals surface area contributed by atoms with E-state index >= 15 is 0 Å². The molecule has 4 nitrogen and oxygen atoms in total. The molecule has 0 saturated heterocycles. The van der Waals surface area contributed by atoms with Crippen LogP contribution in [0, 0.1) is 6.07 Å². The fourth-order valence-corrected chi connectivity index (χ4v) is 11.8. The van der Waals surface area contributed by atoms with Crippen LogP contribution in [0.4, 0.5) is 0 Å². The zero-order valence-electron chi connectivity index (χ0n) is 23.8. The summed E-state index contributed by atoms with van der Waals surface area (Å²) >= 11 is 6.80. The molecular formula is C35H30IrN2O2PS-. The van der Waals surface area contributed by atoms with Crippen LogP contribution in [0.15, 0.2) is 103 Å². The fourth-order valence-electron chi connectivity index (χ4n) is 6.19. The maximum absolute atomic E-state index is 10.1. The predicted octanol–water partition coefficient (Wildman–Crippen LogP) is 6.36. The average molecular weight is 766 g/mol. The third-order valence-corrected chi connectivity index (χ3v) is 13.3. The minimum atomic E-state index is -2.20. The van der Waals surface area contributed by atoms with E-state index in [1.807, 2.05) is 18.3 Å². The number of pyridine rings is 2. The van der Waals surface area contributed by atoms with Crippen LogP contribution in [0.5, 0.6) is 0 Å². The summed E-state index contributed by atoms with van der Waals surface area (Å²) in [5.74, 6) is -0.990. The first-order chi connectivity index (χ1) is 19.6. The van der Waals surface area contributed by atoms with E-state index < -0.39 is 12.0 Å². The van der Waals surface area contributed by atoms with Gasteiger partial charge < -0.3 is 10.1 Å². The zero-order valence-corrected chi connectivity index (χ0v) is 27.9. The minimum absolute atomic E-state index is 0. The van der Waals surface area contributed by atoms with Gasteiger partial charge in [0.05, 0.1) is 0 Å². The van der Waals surface area contributed by atoms with E-state index in [0.717, 1.165) is 11.3 Å². The molecule has 3 aromatic carbocycles. The molecule has 7 heteroatoms. The molecule has 2 aliphatic rings. The minimum Gasteiger partial charge on any atom is -0.477 e. The number of aromatic carboxylic acids is 1. The maximum atomic E-state index is 10.1. The van der Waals surface area contributed by atoms with Crippen LogP contribution >= 0.6 is 6.04 Å². The Kier molecular flexibility index (Phi) is 7.98. The third-order valence-electron chi connectivity index (χ3n) is 8.31.